The van der Waals surface area contributed by atoms with E-state index in [2.05, 4.69) is 54.5 Å². The molecule has 0 atom stereocenters. The van der Waals surface area contributed by atoms with Crippen LogP contribution in [0.1, 0.15) is 20.8 Å². The predicted octanol–water partition coefficient (Wildman–Crippen LogP) is 4.30. The molecule has 0 bridgehead atoms. The van der Waals surface area contributed by atoms with Crippen LogP contribution in [0.3, 0.4) is 0 Å². The van der Waals surface area contributed by atoms with Crippen molar-refractivity contribution in [3.05, 3.63) is 48.8 Å². The molecule has 0 unspecified atom stereocenters. The minimum Gasteiger partial charge on any atom is -0.367 e. The minimum atomic E-state index is -0.504. The molecule has 5 aromatic rings. The number of hydrogen-bond acceptors (Lipinski definition) is 7. The van der Waals surface area contributed by atoms with Gasteiger partial charge in [0.2, 0.25) is 5.91 Å². The van der Waals surface area contributed by atoms with E-state index < -0.39 is 5.41 Å². The van der Waals surface area contributed by atoms with E-state index in [4.69, 9.17) is 9.97 Å². The average molecular weight is 510 g/mol. The molecule has 38 heavy (non-hydrogen) atoms. The van der Waals surface area contributed by atoms with Crippen LogP contribution in [0.2, 0.25) is 0 Å². The Labute approximate surface area is 220 Å². The van der Waals surface area contributed by atoms with Crippen molar-refractivity contribution in [2.45, 2.75) is 20.8 Å². The van der Waals surface area contributed by atoms with Gasteiger partial charge in [0.05, 0.1) is 34.3 Å². The number of aromatic nitrogens is 6. The molecule has 3 N–H and O–H groups in total. The summed E-state index contributed by atoms with van der Waals surface area (Å²) >= 11 is 0. The highest BCUT2D eigenvalue weighted by Gasteiger charge is 2.22. The van der Waals surface area contributed by atoms with E-state index in [1.807, 2.05) is 45.0 Å². The van der Waals surface area contributed by atoms with Gasteiger partial charge in [-0.2, -0.15) is 5.10 Å². The van der Waals surface area contributed by atoms with Crippen molar-refractivity contribution < 1.29 is 4.79 Å². The second-order valence-corrected chi connectivity index (χ2v) is 10.9. The largest absolute Gasteiger partial charge is 0.367 e. The monoisotopic (exact) mass is 509 g/mol. The van der Waals surface area contributed by atoms with Gasteiger partial charge in [0.25, 0.3) is 0 Å². The van der Waals surface area contributed by atoms with Crippen molar-refractivity contribution in [3.63, 3.8) is 0 Å². The van der Waals surface area contributed by atoms with Gasteiger partial charge in [0.15, 0.2) is 11.5 Å². The molecule has 1 aliphatic heterocycles. The summed E-state index contributed by atoms with van der Waals surface area (Å²) in [6.45, 7) is 9.63. The third kappa shape index (κ3) is 4.47. The molecule has 1 aromatic carbocycles. The van der Waals surface area contributed by atoms with Gasteiger partial charge in [-0.15, -0.1) is 0 Å². The number of benzene rings is 1. The molecule has 0 saturated carbocycles. The van der Waals surface area contributed by atoms with Crippen LogP contribution in [-0.4, -0.2) is 74.2 Å². The number of anilines is 2. The van der Waals surface area contributed by atoms with Crippen LogP contribution in [0, 0.1) is 5.41 Å². The molecule has 6 rings (SSSR count). The zero-order chi connectivity index (χ0) is 26.4. The summed E-state index contributed by atoms with van der Waals surface area (Å²) < 4.78 is 0. The average Bonchev–Trinajstić information content (AvgIpc) is 3.52. The van der Waals surface area contributed by atoms with Gasteiger partial charge < -0.3 is 20.1 Å². The van der Waals surface area contributed by atoms with Crippen LogP contribution < -0.4 is 10.2 Å². The number of nitrogens with one attached hydrogen (secondary N) is 3. The van der Waals surface area contributed by atoms with Gasteiger partial charge in [-0.25, -0.2) is 9.97 Å². The fraction of sp³-hybridized carbons (Fsp3) is 0.321. The summed E-state index contributed by atoms with van der Waals surface area (Å²) in [4.78, 5) is 34.9. The molecular formula is C28H31N9O. The summed E-state index contributed by atoms with van der Waals surface area (Å²) in [6, 6.07) is 12.0. The fourth-order valence-electron chi connectivity index (χ4n) is 4.62. The normalized spacial score (nSPS) is 14.9. The number of piperazine rings is 1. The summed E-state index contributed by atoms with van der Waals surface area (Å²) in [5, 5.41) is 10.6. The van der Waals surface area contributed by atoms with Gasteiger partial charge in [0.1, 0.15) is 11.0 Å². The van der Waals surface area contributed by atoms with Gasteiger partial charge in [-0.3, -0.25) is 14.9 Å². The lowest BCUT2D eigenvalue weighted by Crippen LogP contribution is -2.44. The van der Waals surface area contributed by atoms with Crippen LogP contribution in [0.4, 0.5) is 11.4 Å². The maximum atomic E-state index is 12.5. The van der Waals surface area contributed by atoms with Gasteiger partial charge in [0, 0.05) is 43.4 Å². The van der Waals surface area contributed by atoms with Gasteiger partial charge in [-0.1, -0.05) is 26.8 Å². The summed E-state index contributed by atoms with van der Waals surface area (Å²) in [6.07, 6.45) is 3.38. The Balaban J connectivity index is 1.35. The number of nitrogens with zero attached hydrogens (tertiary/aromatic N) is 6. The van der Waals surface area contributed by atoms with Gasteiger partial charge in [-0.05, 0) is 37.4 Å². The van der Waals surface area contributed by atoms with E-state index in [1.165, 1.54) is 0 Å². The van der Waals surface area contributed by atoms with E-state index in [0.717, 1.165) is 59.7 Å². The van der Waals surface area contributed by atoms with Gasteiger partial charge >= 0.3 is 0 Å². The minimum absolute atomic E-state index is 0.0715. The number of pyridine rings is 2. The Morgan fingerprint density at radius 2 is 1.79 bits per heavy atom. The first-order valence-electron chi connectivity index (χ1n) is 12.8. The van der Waals surface area contributed by atoms with Crippen LogP contribution in [-0.2, 0) is 4.79 Å². The lowest BCUT2D eigenvalue weighted by molar-refractivity contribution is -0.123. The number of amides is 1. The fourth-order valence-corrected chi connectivity index (χ4v) is 4.62. The molecule has 194 valence electrons. The maximum Gasteiger partial charge on any atom is 0.229 e. The number of imidazole rings is 1. The SMILES string of the molecule is CN1CCN(c2cccc3[nH]c(-c4n[nH]c5ccc(-c6cncc(NC(=O)C(C)(C)C)c6)nc45)nc23)CC1. The molecule has 1 aliphatic rings. The molecule has 1 saturated heterocycles. The number of hydrogen-bond donors (Lipinski definition) is 3. The van der Waals surface area contributed by atoms with Crippen LogP contribution >= 0.6 is 0 Å². The van der Waals surface area contributed by atoms with Crippen LogP contribution in [0.15, 0.2) is 48.8 Å². The standard InChI is InChI=1S/C28H31N9O/c1-28(2,3)27(38)30-18-14-17(15-29-16-18)19-8-9-21-24(31-19)25(35-34-21)26-32-20-6-5-7-22(23(20)33-26)37-12-10-36(4)11-13-37/h5-9,14-16H,10-13H2,1-4H3,(H,30,38)(H,32,33)(H,34,35). The summed E-state index contributed by atoms with van der Waals surface area (Å²) in [5.41, 5.74) is 6.88. The Hall–Kier alpha value is -4.31. The lowest BCUT2D eigenvalue weighted by Gasteiger charge is -2.34. The molecule has 1 fully saturated rings. The van der Waals surface area contributed by atoms with Crippen molar-refractivity contribution in [3.8, 4) is 22.8 Å². The number of carbonyl (C=O) groups excluding carboxylic acids is 1. The Morgan fingerprint density at radius 1 is 0.974 bits per heavy atom. The Kier molecular flexibility index (Phi) is 5.83. The number of rotatable bonds is 4. The topological polar surface area (TPSA) is 119 Å². The van der Waals surface area contributed by atoms with E-state index >= 15 is 0 Å². The van der Waals surface area contributed by atoms with E-state index in [1.54, 1.807) is 12.4 Å². The van der Waals surface area contributed by atoms with Crippen molar-refractivity contribution in [2.24, 2.45) is 5.41 Å². The lowest BCUT2D eigenvalue weighted by atomic mass is 9.95. The van der Waals surface area contributed by atoms with Crippen LogP contribution in [0.5, 0.6) is 0 Å². The second kappa shape index (κ2) is 9.21. The zero-order valence-corrected chi connectivity index (χ0v) is 22.0. The molecule has 4 aromatic heterocycles. The van der Waals surface area contributed by atoms with Crippen molar-refractivity contribution in [2.75, 3.05) is 43.4 Å². The second-order valence-electron chi connectivity index (χ2n) is 10.9. The Bertz CT molecular complexity index is 1640. The molecule has 0 radical (unpaired) electrons. The molecular weight excluding hydrogens is 478 g/mol. The van der Waals surface area contributed by atoms with Crippen molar-refractivity contribution in [1.29, 1.82) is 0 Å². The zero-order valence-electron chi connectivity index (χ0n) is 22.0. The van der Waals surface area contributed by atoms with Crippen LogP contribution in [0.25, 0.3) is 44.8 Å². The first kappa shape index (κ1) is 24.1. The highest BCUT2D eigenvalue weighted by Crippen LogP contribution is 2.32. The predicted molar refractivity (Wildman–Crippen MR) is 150 cm³/mol. The molecule has 5 heterocycles. The molecule has 0 spiro atoms. The molecule has 10 heteroatoms. The third-order valence-corrected chi connectivity index (χ3v) is 6.94. The van der Waals surface area contributed by atoms with E-state index in [-0.39, 0.29) is 5.91 Å². The quantitative estimate of drug-likeness (QED) is 0.330. The number of H-pyrrole nitrogens is 2. The molecule has 10 nitrogen and oxygen atoms in total. The first-order valence-corrected chi connectivity index (χ1v) is 12.8. The van der Waals surface area contributed by atoms with E-state index in [9.17, 15) is 4.79 Å². The third-order valence-electron chi connectivity index (χ3n) is 6.94. The summed E-state index contributed by atoms with van der Waals surface area (Å²) in [5.74, 6) is 0.597. The highest BCUT2D eigenvalue weighted by molar-refractivity contribution is 5.96. The van der Waals surface area contributed by atoms with E-state index in [0.29, 0.717) is 22.7 Å². The number of para-hydroxylation sites is 1. The maximum absolute atomic E-state index is 12.5. The molecule has 1 amide bonds. The smallest absolute Gasteiger partial charge is 0.229 e. The number of fused-ring (bicyclic) bond motifs is 2. The molecule has 0 aliphatic carbocycles. The number of carbonyl (C=O) groups is 1. The number of aromatic amines is 2. The first-order chi connectivity index (χ1) is 18.3. The summed E-state index contributed by atoms with van der Waals surface area (Å²) in [7, 11) is 2.16. The van der Waals surface area contributed by atoms with Crippen molar-refractivity contribution >= 4 is 39.3 Å². The Morgan fingerprint density at radius 3 is 2.58 bits per heavy atom. The van der Waals surface area contributed by atoms with Crippen molar-refractivity contribution in [1.82, 2.24) is 35.0 Å². The highest BCUT2D eigenvalue weighted by atomic mass is 16.2. The number of likely N-dealkylation sites (N-methyl/N-ethyl adjacent to an activating group) is 1.